The highest BCUT2D eigenvalue weighted by atomic mass is 16.6. The second-order valence-electron chi connectivity index (χ2n) is 3.48. The molecule has 1 aliphatic heterocycles. The molecule has 0 spiro atoms. The van der Waals surface area contributed by atoms with Gasteiger partial charge in [0.2, 0.25) is 0 Å². The predicted octanol–water partition coefficient (Wildman–Crippen LogP) is 1.09. The van der Waals surface area contributed by atoms with Gasteiger partial charge in [-0.05, 0) is 17.7 Å². The topological polar surface area (TPSA) is 59.1 Å². The van der Waals surface area contributed by atoms with E-state index in [0.717, 1.165) is 17.9 Å². The van der Waals surface area contributed by atoms with Crippen LogP contribution in [0.25, 0.3) is 0 Å². The van der Waals surface area contributed by atoms with Crippen molar-refractivity contribution >= 4 is 5.97 Å². The molecule has 0 saturated carbocycles. The van der Waals surface area contributed by atoms with Crippen LogP contribution in [0.4, 0.5) is 0 Å². The fraction of sp³-hybridized carbons (Fsp3) is 0.364. The van der Waals surface area contributed by atoms with Gasteiger partial charge in [0.25, 0.3) is 0 Å². The van der Waals surface area contributed by atoms with Crippen molar-refractivity contribution in [2.75, 3.05) is 13.2 Å². The van der Waals surface area contributed by atoms with Crippen molar-refractivity contribution in [3.8, 4) is 5.75 Å². The molecule has 1 aromatic rings. The van der Waals surface area contributed by atoms with Crippen LogP contribution in [0.2, 0.25) is 0 Å². The fourth-order valence-electron chi connectivity index (χ4n) is 1.23. The first-order valence-corrected chi connectivity index (χ1v) is 4.79. The molecule has 1 aromatic carbocycles. The maximum atomic E-state index is 10.4. The van der Waals surface area contributed by atoms with Crippen LogP contribution in [-0.4, -0.2) is 30.4 Å². The summed E-state index contributed by atoms with van der Waals surface area (Å²) in [7, 11) is 0. The highest BCUT2D eigenvalue weighted by Gasteiger charge is 2.22. The fourth-order valence-corrected chi connectivity index (χ4v) is 1.23. The van der Waals surface area contributed by atoms with Gasteiger partial charge in [0.1, 0.15) is 18.5 Å². The van der Waals surface area contributed by atoms with Gasteiger partial charge in [-0.1, -0.05) is 12.1 Å². The summed E-state index contributed by atoms with van der Waals surface area (Å²) in [5.41, 5.74) is 0.775. The lowest BCUT2D eigenvalue weighted by molar-refractivity contribution is -0.136. The molecule has 1 heterocycles. The normalized spacial score (nSPS) is 18.5. The molecule has 0 aliphatic carbocycles. The molecular weight excluding hydrogens is 196 g/mol. The standard InChI is InChI=1S/C11H12O4/c12-11(13)5-8-1-3-9(4-2-8)14-6-10-7-15-10/h1-4,10H,5-7H2,(H,12,13)/t10-/m0/s1. The highest BCUT2D eigenvalue weighted by Crippen LogP contribution is 2.15. The Morgan fingerprint density at radius 3 is 2.67 bits per heavy atom. The Balaban J connectivity index is 1.87. The van der Waals surface area contributed by atoms with Gasteiger partial charge >= 0.3 is 5.97 Å². The maximum Gasteiger partial charge on any atom is 0.307 e. The van der Waals surface area contributed by atoms with Crippen LogP contribution in [0.15, 0.2) is 24.3 Å². The molecule has 1 N–H and O–H groups in total. The number of rotatable bonds is 5. The first-order chi connectivity index (χ1) is 7.24. The Kier molecular flexibility index (Phi) is 2.87. The van der Waals surface area contributed by atoms with Crippen LogP contribution in [-0.2, 0) is 16.0 Å². The first kappa shape index (κ1) is 9.98. The third kappa shape index (κ3) is 3.25. The van der Waals surface area contributed by atoms with E-state index in [-0.39, 0.29) is 12.5 Å². The zero-order chi connectivity index (χ0) is 10.7. The van der Waals surface area contributed by atoms with E-state index in [2.05, 4.69) is 0 Å². The Morgan fingerprint density at radius 1 is 1.47 bits per heavy atom. The Labute approximate surface area is 87.4 Å². The Morgan fingerprint density at radius 2 is 2.13 bits per heavy atom. The summed E-state index contributed by atoms with van der Waals surface area (Å²) in [6, 6.07) is 7.08. The molecule has 0 radical (unpaired) electrons. The monoisotopic (exact) mass is 208 g/mol. The van der Waals surface area contributed by atoms with E-state index in [4.69, 9.17) is 14.6 Å². The van der Waals surface area contributed by atoms with Crippen LogP contribution >= 0.6 is 0 Å². The Bertz CT molecular complexity index is 340. The molecule has 1 saturated heterocycles. The van der Waals surface area contributed by atoms with E-state index in [0.29, 0.717) is 6.61 Å². The number of hydrogen-bond donors (Lipinski definition) is 1. The average molecular weight is 208 g/mol. The summed E-state index contributed by atoms with van der Waals surface area (Å²) >= 11 is 0. The van der Waals surface area contributed by atoms with Crippen molar-refractivity contribution in [2.45, 2.75) is 12.5 Å². The molecular formula is C11H12O4. The molecule has 1 fully saturated rings. The van der Waals surface area contributed by atoms with Crippen molar-refractivity contribution < 1.29 is 19.4 Å². The maximum absolute atomic E-state index is 10.4. The van der Waals surface area contributed by atoms with E-state index < -0.39 is 5.97 Å². The molecule has 0 unspecified atom stereocenters. The lowest BCUT2D eigenvalue weighted by Gasteiger charge is -2.04. The molecule has 80 valence electrons. The SMILES string of the molecule is O=C(O)Cc1ccc(OC[C@H]2CO2)cc1. The minimum atomic E-state index is -0.824. The molecule has 4 heteroatoms. The summed E-state index contributed by atoms with van der Waals surface area (Å²) in [5.74, 6) is -0.0744. The van der Waals surface area contributed by atoms with Crippen molar-refractivity contribution in [3.05, 3.63) is 29.8 Å². The van der Waals surface area contributed by atoms with Gasteiger partial charge in [-0.25, -0.2) is 0 Å². The number of carbonyl (C=O) groups is 1. The lowest BCUT2D eigenvalue weighted by atomic mass is 10.1. The van der Waals surface area contributed by atoms with E-state index in [1.165, 1.54) is 0 Å². The smallest absolute Gasteiger partial charge is 0.307 e. The number of benzene rings is 1. The van der Waals surface area contributed by atoms with Gasteiger partial charge in [0, 0.05) is 0 Å². The van der Waals surface area contributed by atoms with Gasteiger partial charge in [-0.15, -0.1) is 0 Å². The van der Waals surface area contributed by atoms with Crippen molar-refractivity contribution in [3.63, 3.8) is 0 Å². The second-order valence-corrected chi connectivity index (χ2v) is 3.48. The molecule has 1 atom stereocenters. The van der Waals surface area contributed by atoms with Gasteiger partial charge < -0.3 is 14.6 Å². The van der Waals surface area contributed by atoms with Crippen molar-refractivity contribution in [1.29, 1.82) is 0 Å². The number of carboxylic acid groups (broad SMARTS) is 1. The van der Waals surface area contributed by atoms with E-state index in [1.54, 1.807) is 24.3 Å². The molecule has 15 heavy (non-hydrogen) atoms. The highest BCUT2D eigenvalue weighted by molar-refractivity contribution is 5.70. The summed E-state index contributed by atoms with van der Waals surface area (Å²) in [6.45, 7) is 1.34. The number of epoxide rings is 1. The van der Waals surface area contributed by atoms with Crippen LogP contribution in [0.5, 0.6) is 5.75 Å². The van der Waals surface area contributed by atoms with Crippen LogP contribution in [0, 0.1) is 0 Å². The van der Waals surface area contributed by atoms with E-state index in [9.17, 15) is 4.79 Å². The third-order valence-electron chi connectivity index (χ3n) is 2.12. The molecule has 2 rings (SSSR count). The summed E-state index contributed by atoms with van der Waals surface area (Å²) in [6.07, 6.45) is 0.287. The van der Waals surface area contributed by atoms with E-state index >= 15 is 0 Å². The Hall–Kier alpha value is -1.55. The first-order valence-electron chi connectivity index (χ1n) is 4.79. The number of aliphatic carboxylic acids is 1. The predicted molar refractivity (Wildman–Crippen MR) is 53.0 cm³/mol. The van der Waals surface area contributed by atoms with Crippen molar-refractivity contribution in [2.24, 2.45) is 0 Å². The second kappa shape index (κ2) is 4.31. The van der Waals surface area contributed by atoms with Crippen molar-refractivity contribution in [1.82, 2.24) is 0 Å². The molecule has 0 bridgehead atoms. The minimum Gasteiger partial charge on any atom is -0.491 e. The average Bonchev–Trinajstić information content (AvgIpc) is 2.99. The van der Waals surface area contributed by atoms with E-state index in [1.807, 2.05) is 0 Å². The summed E-state index contributed by atoms with van der Waals surface area (Å²) in [4.78, 5) is 10.4. The number of hydrogen-bond acceptors (Lipinski definition) is 3. The largest absolute Gasteiger partial charge is 0.491 e. The molecule has 4 nitrogen and oxygen atoms in total. The number of carboxylic acids is 1. The van der Waals surface area contributed by atoms with Crippen LogP contribution in [0.1, 0.15) is 5.56 Å². The molecule has 0 aromatic heterocycles. The molecule has 0 amide bonds. The van der Waals surface area contributed by atoms with Crippen LogP contribution in [0.3, 0.4) is 0 Å². The number of ether oxygens (including phenoxy) is 2. The lowest BCUT2D eigenvalue weighted by Crippen LogP contribution is -2.04. The third-order valence-corrected chi connectivity index (χ3v) is 2.12. The zero-order valence-corrected chi connectivity index (χ0v) is 8.18. The minimum absolute atomic E-state index is 0.0476. The van der Waals surface area contributed by atoms with Gasteiger partial charge in [-0.2, -0.15) is 0 Å². The summed E-state index contributed by atoms with van der Waals surface area (Å²) in [5, 5.41) is 8.57. The van der Waals surface area contributed by atoms with Gasteiger partial charge in [-0.3, -0.25) is 4.79 Å². The van der Waals surface area contributed by atoms with Gasteiger partial charge in [0.15, 0.2) is 0 Å². The molecule has 1 aliphatic rings. The summed E-state index contributed by atoms with van der Waals surface area (Å²) < 4.78 is 10.4. The van der Waals surface area contributed by atoms with Gasteiger partial charge in [0.05, 0.1) is 13.0 Å². The zero-order valence-electron chi connectivity index (χ0n) is 8.18. The van der Waals surface area contributed by atoms with Crippen LogP contribution < -0.4 is 4.74 Å². The quantitative estimate of drug-likeness (QED) is 0.736.